The lowest BCUT2D eigenvalue weighted by Gasteiger charge is -2.33. The number of nitrogens with zero attached hydrogens (tertiary/aromatic N) is 1. The summed E-state index contributed by atoms with van der Waals surface area (Å²) in [6.07, 6.45) is 6.81. The van der Waals surface area contributed by atoms with Gasteiger partial charge in [-0.05, 0) is 50.0 Å². The van der Waals surface area contributed by atoms with Crippen molar-refractivity contribution in [1.82, 2.24) is 10.2 Å². The predicted molar refractivity (Wildman–Crippen MR) is 83.2 cm³/mol. The average molecular weight is 323 g/mol. The molecule has 0 bridgehead atoms. The minimum atomic E-state index is 0.422. The van der Waals surface area contributed by atoms with Crippen LogP contribution >= 0.6 is 15.9 Å². The van der Waals surface area contributed by atoms with Crippen LogP contribution in [-0.2, 0) is 6.54 Å². The normalized spacial score (nSPS) is 23.6. The molecule has 2 fully saturated rings. The average Bonchev–Trinajstić information content (AvgIpc) is 2.76. The van der Waals surface area contributed by atoms with E-state index in [1.54, 1.807) is 0 Å². The molecular formula is C16H23BrN2. The van der Waals surface area contributed by atoms with Crippen LogP contribution in [0.5, 0.6) is 0 Å². The van der Waals surface area contributed by atoms with E-state index in [-0.39, 0.29) is 0 Å². The Hall–Kier alpha value is -0.380. The summed E-state index contributed by atoms with van der Waals surface area (Å²) in [6.45, 7) is 4.74. The number of hydrogen-bond donors (Lipinski definition) is 1. The second-order valence-electron chi connectivity index (χ2n) is 6.10. The molecule has 1 aromatic rings. The second kappa shape index (κ2) is 5.94. The molecule has 3 rings (SSSR count). The van der Waals surface area contributed by atoms with Gasteiger partial charge < -0.3 is 5.32 Å². The van der Waals surface area contributed by atoms with Gasteiger partial charge in [0.2, 0.25) is 0 Å². The first-order chi connectivity index (χ1) is 9.26. The number of rotatable bonds is 2. The Morgan fingerprint density at radius 1 is 1.11 bits per heavy atom. The fourth-order valence-corrected chi connectivity index (χ4v) is 3.85. The van der Waals surface area contributed by atoms with E-state index >= 15 is 0 Å². The van der Waals surface area contributed by atoms with Gasteiger partial charge in [0.15, 0.2) is 0 Å². The largest absolute Gasteiger partial charge is 0.310 e. The molecule has 1 aromatic carbocycles. The zero-order valence-corrected chi connectivity index (χ0v) is 13.1. The third kappa shape index (κ3) is 3.39. The van der Waals surface area contributed by atoms with Gasteiger partial charge in [-0.15, -0.1) is 0 Å². The van der Waals surface area contributed by atoms with Crippen LogP contribution in [-0.4, -0.2) is 30.1 Å². The summed E-state index contributed by atoms with van der Waals surface area (Å²) >= 11 is 3.51. The smallest absolute Gasteiger partial charge is 0.0308 e. The van der Waals surface area contributed by atoms with E-state index in [9.17, 15) is 0 Å². The topological polar surface area (TPSA) is 15.3 Å². The third-order valence-corrected chi connectivity index (χ3v) is 5.09. The lowest BCUT2D eigenvalue weighted by Crippen LogP contribution is -2.49. The quantitative estimate of drug-likeness (QED) is 0.895. The molecule has 3 heteroatoms. The van der Waals surface area contributed by atoms with E-state index in [0.29, 0.717) is 5.54 Å². The van der Waals surface area contributed by atoms with Crippen LogP contribution in [0.1, 0.15) is 37.7 Å². The van der Waals surface area contributed by atoms with Gasteiger partial charge in [0.1, 0.15) is 0 Å². The van der Waals surface area contributed by atoms with Crippen molar-refractivity contribution in [3.63, 3.8) is 0 Å². The van der Waals surface area contributed by atoms with Crippen molar-refractivity contribution in [3.05, 3.63) is 34.3 Å². The predicted octanol–water partition coefficient (Wildman–Crippen LogP) is 3.56. The molecule has 1 saturated carbocycles. The summed E-state index contributed by atoms with van der Waals surface area (Å²) < 4.78 is 1.17. The van der Waals surface area contributed by atoms with Crippen molar-refractivity contribution >= 4 is 15.9 Å². The van der Waals surface area contributed by atoms with Crippen LogP contribution < -0.4 is 5.32 Å². The summed E-state index contributed by atoms with van der Waals surface area (Å²) in [6, 6.07) is 8.78. The Labute approximate surface area is 124 Å². The molecule has 1 heterocycles. The van der Waals surface area contributed by atoms with Gasteiger partial charge in [0.05, 0.1) is 0 Å². The van der Waals surface area contributed by atoms with E-state index in [4.69, 9.17) is 0 Å². The van der Waals surface area contributed by atoms with Crippen LogP contribution in [0.3, 0.4) is 0 Å². The Morgan fingerprint density at radius 2 is 1.84 bits per heavy atom. The Kier molecular flexibility index (Phi) is 4.25. The van der Waals surface area contributed by atoms with Crippen molar-refractivity contribution < 1.29 is 0 Å². The summed E-state index contributed by atoms with van der Waals surface area (Å²) in [5, 5.41) is 3.83. The fourth-order valence-electron chi connectivity index (χ4n) is 3.59. The number of hydrogen-bond acceptors (Lipinski definition) is 2. The van der Waals surface area contributed by atoms with Crippen molar-refractivity contribution in [2.75, 3.05) is 19.6 Å². The van der Waals surface area contributed by atoms with Gasteiger partial charge in [-0.3, -0.25) is 4.90 Å². The highest BCUT2D eigenvalue weighted by molar-refractivity contribution is 9.10. The Morgan fingerprint density at radius 3 is 2.58 bits per heavy atom. The maximum atomic E-state index is 3.83. The first kappa shape index (κ1) is 13.6. The van der Waals surface area contributed by atoms with Crippen LogP contribution in [0.25, 0.3) is 0 Å². The van der Waals surface area contributed by atoms with Crippen LogP contribution in [0, 0.1) is 0 Å². The molecule has 0 atom stereocenters. The van der Waals surface area contributed by atoms with E-state index in [2.05, 4.69) is 50.4 Å². The summed E-state index contributed by atoms with van der Waals surface area (Å²) in [5.41, 5.74) is 1.85. The molecule has 2 aliphatic rings. The minimum absolute atomic E-state index is 0.422. The van der Waals surface area contributed by atoms with E-state index < -0.39 is 0 Å². The first-order valence-electron chi connectivity index (χ1n) is 7.48. The van der Waals surface area contributed by atoms with Crippen LogP contribution in [0.2, 0.25) is 0 Å². The number of halogens is 1. The van der Waals surface area contributed by atoms with Gasteiger partial charge in [0, 0.05) is 23.1 Å². The third-order valence-electron chi connectivity index (χ3n) is 4.56. The van der Waals surface area contributed by atoms with Crippen molar-refractivity contribution in [1.29, 1.82) is 0 Å². The van der Waals surface area contributed by atoms with Gasteiger partial charge in [-0.25, -0.2) is 0 Å². The highest BCUT2D eigenvalue weighted by atomic mass is 79.9. The molecule has 104 valence electrons. The Balaban J connectivity index is 1.67. The van der Waals surface area contributed by atoms with Crippen molar-refractivity contribution in [3.8, 4) is 0 Å². The molecule has 1 saturated heterocycles. The first-order valence-corrected chi connectivity index (χ1v) is 8.27. The lowest BCUT2D eigenvalue weighted by molar-refractivity contribution is 0.203. The zero-order valence-electron chi connectivity index (χ0n) is 11.5. The summed E-state index contributed by atoms with van der Waals surface area (Å²) in [4.78, 5) is 2.65. The zero-order chi connectivity index (χ0) is 13.1. The molecule has 1 aliphatic carbocycles. The maximum Gasteiger partial charge on any atom is 0.0308 e. The number of benzene rings is 1. The highest BCUT2D eigenvalue weighted by Gasteiger charge is 2.36. The molecule has 19 heavy (non-hydrogen) atoms. The summed E-state index contributed by atoms with van der Waals surface area (Å²) in [7, 11) is 0. The van der Waals surface area contributed by atoms with Gasteiger partial charge in [-0.2, -0.15) is 0 Å². The maximum absolute atomic E-state index is 3.83. The van der Waals surface area contributed by atoms with Crippen molar-refractivity contribution in [2.45, 2.75) is 44.2 Å². The van der Waals surface area contributed by atoms with Crippen LogP contribution in [0.4, 0.5) is 0 Å². The fraction of sp³-hybridized carbons (Fsp3) is 0.625. The standard InChI is InChI=1S/C16H23BrN2/c17-15-6-4-14(5-7-15)12-19-11-3-10-18-16(13-19)8-1-2-9-16/h4-7,18H,1-3,8-13H2. The van der Waals surface area contributed by atoms with Gasteiger partial charge in [-0.1, -0.05) is 40.9 Å². The molecule has 0 aromatic heterocycles. The lowest BCUT2D eigenvalue weighted by atomic mass is 9.97. The monoisotopic (exact) mass is 322 g/mol. The molecule has 0 amide bonds. The summed E-state index contributed by atoms with van der Waals surface area (Å²) in [5.74, 6) is 0. The van der Waals surface area contributed by atoms with Crippen LogP contribution in [0.15, 0.2) is 28.7 Å². The minimum Gasteiger partial charge on any atom is -0.310 e. The van der Waals surface area contributed by atoms with Gasteiger partial charge >= 0.3 is 0 Å². The van der Waals surface area contributed by atoms with E-state index in [1.165, 1.54) is 61.8 Å². The second-order valence-corrected chi connectivity index (χ2v) is 7.02. The molecular weight excluding hydrogens is 300 g/mol. The molecule has 1 N–H and O–H groups in total. The SMILES string of the molecule is Brc1ccc(CN2CCCNC3(CCCC3)C2)cc1. The molecule has 0 unspecified atom stereocenters. The van der Waals surface area contributed by atoms with E-state index in [0.717, 1.165) is 6.54 Å². The van der Waals surface area contributed by atoms with E-state index in [1.807, 2.05) is 0 Å². The molecule has 1 spiro atoms. The molecule has 1 aliphatic heterocycles. The molecule has 2 nitrogen and oxygen atoms in total. The highest BCUT2D eigenvalue weighted by Crippen LogP contribution is 2.32. The van der Waals surface area contributed by atoms with Gasteiger partial charge in [0.25, 0.3) is 0 Å². The number of nitrogens with one attached hydrogen (secondary N) is 1. The van der Waals surface area contributed by atoms with Crippen molar-refractivity contribution in [2.24, 2.45) is 0 Å². The molecule has 0 radical (unpaired) electrons. The Bertz CT molecular complexity index is 409.